The number of H-pyrrole nitrogens is 1. The summed E-state index contributed by atoms with van der Waals surface area (Å²) in [6.07, 6.45) is 5.34. The molecule has 1 fully saturated rings. The number of nitrogens with one attached hydrogen (secondary N) is 1. The first-order valence-electron chi connectivity index (χ1n) is 11.2. The van der Waals surface area contributed by atoms with E-state index < -0.39 is 0 Å². The number of piperazine rings is 1. The number of benzene rings is 1. The molecule has 0 amide bonds. The van der Waals surface area contributed by atoms with Gasteiger partial charge in [-0.2, -0.15) is 9.61 Å². The van der Waals surface area contributed by atoms with Crippen molar-refractivity contribution < 1.29 is 4.98 Å². The van der Waals surface area contributed by atoms with E-state index in [0.29, 0.717) is 0 Å². The fourth-order valence-corrected chi connectivity index (χ4v) is 5.12. The van der Waals surface area contributed by atoms with Crippen molar-refractivity contribution in [3.8, 4) is 11.1 Å². The zero-order valence-electron chi connectivity index (χ0n) is 17.9. The number of aromatic nitrogens is 4. The molecular formula is C25H27N6+. The van der Waals surface area contributed by atoms with Crippen molar-refractivity contribution in [2.24, 2.45) is 0 Å². The predicted molar refractivity (Wildman–Crippen MR) is 123 cm³/mol. The van der Waals surface area contributed by atoms with Gasteiger partial charge in [0.05, 0.1) is 25.0 Å². The number of fused-ring (bicyclic) bond motifs is 2. The van der Waals surface area contributed by atoms with Crippen molar-refractivity contribution in [2.75, 3.05) is 36.0 Å². The topological polar surface area (TPSA) is 50.8 Å². The summed E-state index contributed by atoms with van der Waals surface area (Å²) in [5.41, 5.74) is 7.05. The number of nitrogens with zero attached hydrogens (tertiary/aromatic N) is 5. The van der Waals surface area contributed by atoms with E-state index in [4.69, 9.17) is 10.1 Å². The molecule has 0 radical (unpaired) electrons. The summed E-state index contributed by atoms with van der Waals surface area (Å²) in [6.45, 7) is 6.05. The Labute approximate surface area is 182 Å². The lowest BCUT2D eigenvalue weighted by atomic mass is 10.1. The third-order valence-corrected chi connectivity index (χ3v) is 6.61. The summed E-state index contributed by atoms with van der Waals surface area (Å²) in [5, 5.41) is 5.01. The van der Waals surface area contributed by atoms with E-state index in [9.17, 15) is 0 Å². The number of pyridine rings is 1. The van der Waals surface area contributed by atoms with Gasteiger partial charge in [0.15, 0.2) is 5.65 Å². The van der Waals surface area contributed by atoms with Gasteiger partial charge in [0.25, 0.3) is 5.82 Å². The molecule has 4 aromatic rings. The quantitative estimate of drug-likeness (QED) is 0.519. The van der Waals surface area contributed by atoms with Crippen LogP contribution < -0.4 is 14.8 Å². The molecule has 3 aromatic heterocycles. The maximum atomic E-state index is 5.13. The molecule has 6 rings (SSSR count). The van der Waals surface area contributed by atoms with Gasteiger partial charge in [-0.05, 0) is 37.8 Å². The lowest BCUT2D eigenvalue weighted by molar-refractivity contribution is -0.364. The summed E-state index contributed by atoms with van der Waals surface area (Å²) < 4.78 is 2.13. The van der Waals surface area contributed by atoms with Crippen LogP contribution in [0.15, 0.2) is 54.7 Å². The van der Waals surface area contributed by atoms with E-state index in [2.05, 4.69) is 68.7 Å². The van der Waals surface area contributed by atoms with E-state index in [1.54, 1.807) is 0 Å². The molecule has 6 heteroatoms. The van der Waals surface area contributed by atoms with Gasteiger partial charge >= 0.3 is 0 Å². The highest BCUT2D eigenvalue weighted by Crippen LogP contribution is 2.36. The highest BCUT2D eigenvalue weighted by Gasteiger charge is 2.30. The standard InChI is InChI=1S/C25H26N6/c1-18-23(19-8-3-2-4-9-19)24-27-21-11-7-10-20(21)25(31(24)28-18)30-16-14-29(15-17-30)22-12-5-6-13-26-22/h2-6,8-9,12-13H,7,10-11,14-17H2,1H3/p+1. The fourth-order valence-electron chi connectivity index (χ4n) is 5.12. The van der Waals surface area contributed by atoms with Crippen molar-refractivity contribution in [3.63, 3.8) is 0 Å². The lowest BCUT2D eigenvalue weighted by Gasteiger charge is -2.33. The Bertz CT molecular complexity index is 1220. The van der Waals surface area contributed by atoms with Crippen LogP contribution in [0.2, 0.25) is 0 Å². The van der Waals surface area contributed by atoms with Gasteiger partial charge in [-0.1, -0.05) is 36.4 Å². The minimum absolute atomic E-state index is 0.980. The van der Waals surface area contributed by atoms with Crippen LogP contribution in [0.4, 0.5) is 11.6 Å². The van der Waals surface area contributed by atoms with Gasteiger partial charge in [-0.15, -0.1) is 0 Å². The Kier molecular flexibility index (Phi) is 4.37. The molecule has 0 spiro atoms. The number of aryl methyl sites for hydroxylation is 2. The summed E-state index contributed by atoms with van der Waals surface area (Å²) in [7, 11) is 0. The molecule has 6 nitrogen and oxygen atoms in total. The zero-order valence-corrected chi connectivity index (χ0v) is 17.9. The average molecular weight is 412 g/mol. The molecule has 31 heavy (non-hydrogen) atoms. The molecule has 1 N–H and O–H groups in total. The van der Waals surface area contributed by atoms with Gasteiger partial charge in [-0.25, -0.2) is 9.97 Å². The number of hydrogen-bond donors (Lipinski definition) is 0. The number of hydrogen-bond acceptors (Lipinski definition) is 4. The molecule has 1 aromatic carbocycles. The van der Waals surface area contributed by atoms with Crippen molar-refractivity contribution in [2.45, 2.75) is 26.2 Å². The first kappa shape index (κ1) is 18.4. The summed E-state index contributed by atoms with van der Waals surface area (Å²) in [5.74, 6) is 2.45. The maximum absolute atomic E-state index is 5.13. The minimum atomic E-state index is 0.980. The van der Waals surface area contributed by atoms with Crippen molar-refractivity contribution >= 4 is 17.3 Å². The van der Waals surface area contributed by atoms with Gasteiger partial charge in [0, 0.05) is 22.9 Å². The Morgan fingerprint density at radius 3 is 2.42 bits per heavy atom. The van der Waals surface area contributed by atoms with E-state index in [-0.39, 0.29) is 0 Å². The second-order valence-electron chi connectivity index (χ2n) is 8.50. The van der Waals surface area contributed by atoms with Crippen LogP contribution >= 0.6 is 0 Å². The second kappa shape index (κ2) is 7.38. The number of rotatable bonds is 3. The molecule has 1 saturated heterocycles. The third kappa shape index (κ3) is 3.05. The SMILES string of the molecule is Cc1nn2c(N3CCN(c4cccc[nH+]4)CC3)c3c(nc2c1-c1ccccc1)CCC3. The fraction of sp³-hybridized carbons (Fsp3) is 0.320. The van der Waals surface area contributed by atoms with E-state index in [1.165, 1.54) is 34.9 Å². The van der Waals surface area contributed by atoms with Crippen LogP contribution in [0.5, 0.6) is 0 Å². The minimum Gasteiger partial charge on any atom is -0.348 e. The average Bonchev–Trinajstić information content (AvgIpc) is 3.42. The van der Waals surface area contributed by atoms with E-state index in [1.807, 2.05) is 12.3 Å². The van der Waals surface area contributed by atoms with Crippen LogP contribution in [-0.2, 0) is 12.8 Å². The molecule has 0 saturated carbocycles. The molecular weight excluding hydrogens is 384 g/mol. The van der Waals surface area contributed by atoms with Crippen molar-refractivity contribution in [1.29, 1.82) is 0 Å². The van der Waals surface area contributed by atoms with Gasteiger partial charge in [0.2, 0.25) is 0 Å². The largest absolute Gasteiger partial charge is 0.348 e. The highest BCUT2D eigenvalue weighted by atomic mass is 15.4. The van der Waals surface area contributed by atoms with Crippen LogP contribution in [0.25, 0.3) is 16.8 Å². The van der Waals surface area contributed by atoms with Crippen LogP contribution in [-0.4, -0.2) is 40.8 Å². The highest BCUT2D eigenvalue weighted by molar-refractivity contribution is 5.81. The molecule has 0 atom stereocenters. The van der Waals surface area contributed by atoms with Gasteiger partial charge < -0.3 is 4.90 Å². The molecule has 0 bridgehead atoms. The smallest absolute Gasteiger partial charge is 0.274 e. The van der Waals surface area contributed by atoms with Crippen molar-refractivity contribution in [3.05, 3.63) is 71.7 Å². The first-order chi connectivity index (χ1) is 15.3. The summed E-state index contributed by atoms with van der Waals surface area (Å²) >= 11 is 0. The predicted octanol–water partition coefficient (Wildman–Crippen LogP) is 3.33. The molecule has 1 aliphatic heterocycles. The van der Waals surface area contributed by atoms with E-state index in [0.717, 1.165) is 55.9 Å². The maximum Gasteiger partial charge on any atom is 0.274 e. The Morgan fingerprint density at radius 2 is 1.65 bits per heavy atom. The summed E-state index contributed by atoms with van der Waals surface area (Å²) in [4.78, 5) is 13.5. The molecule has 0 unspecified atom stereocenters. The molecule has 2 aliphatic rings. The van der Waals surface area contributed by atoms with Gasteiger partial charge in [-0.3, -0.25) is 4.90 Å². The second-order valence-corrected chi connectivity index (χ2v) is 8.50. The Balaban J connectivity index is 1.42. The van der Waals surface area contributed by atoms with Crippen molar-refractivity contribution in [1.82, 2.24) is 14.6 Å². The Morgan fingerprint density at radius 1 is 0.871 bits per heavy atom. The monoisotopic (exact) mass is 411 g/mol. The lowest BCUT2D eigenvalue weighted by Crippen LogP contribution is -2.49. The molecule has 4 heterocycles. The number of anilines is 2. The first-order valence-corrected chi connectivity index (χ1v) is 11.2. The Hall–Kier alpha value is -3.41. The molecule has 156 valence electrons. The van der Waals surface area contributed by atoms with Crippen LogP contribution in [0.3, 0.4) is 0 Å². The normalized spacial score (nSPS) is 16.2. The number of aromatic amines is 1. The molecule has 1 aliphatic carbocycles. The zero-order chi connectivity index (χ0) is 20.8. The van der Waals surface area contributed by atoms with Crippen LogP contribution in [0, 0.1) is 6.92 Å². The third-order valence-electron chi connectivity index (χ3n) is 6.61. The summed E-state index contributed by atoms with van der Waals surface area (Å²) in [6, 6.07) is 16.8. The van der Waals surface area contributed by atoms with E-state index >= 15 is 0 Å². The van der Waals surface area contributed by atoms with Crippen LogP contribution in [0.1, 0.15) is 23.4 Å². The van der Waals surface area contributed by atoms with Gasteiger partial charge in [0.1, 0.15) is 18.9 Å².